The molecule has 1 saturated heterocycles. The third kappa shape index (κ3) is 2.18. The SMILES string of the molecule is CC1=CC(O/C=C2/C(=O)OC3c4cc(N)ccc4CC23)OC1=O. The third-order valence-corrected chi connectivity index (χ3v) is 4.41. The van der Waals surface area contributed by atoms with Crippen LogP contribution in [-0.4, -0.2) is 18.2 Å². The minimum absolute atomic E-state index is 0.0959. The molecule has 2 aliphatic heterocycles. The number of anilines is 1. The van der Waals surface area contributed by atoms with Crippen molar-refractivity contribution in [3.63, 3.8) is 0 Å². The maximum absolute atomic E-state index is 12.1. The van der Waals surface area contributed by atoms with Crippen LogP contribution in [0.15, 0.2) is 41.7 Å². The van der Waals surface area contributed by atoms with Crippen LogP contribution in [0.25, 0.3) is 0 Å². The number of ether oxygens (including phenoxy) is 3. The van der Waals surface area contributed by atoms with Gasteiger partial charge in [0.1, 0.15) is 6.10 Å². The summed E-state index contributed by atoms with van der Waals surface area (Å²) in [7, 11) is 0. The molecule has 0 aromatic heterocycles. The van der Waals surface area contributed by atoms with Crippen LogP contribution in [0.2, 0.25) is 0 Å². The second-order valence-corrected chi connectivity index (χ2v) is 5.93. The zero-order valence-corrected chi connectivity index (χ0v) is 12.4. The van der Waals surface area contributed by atoms with Crippen molar-refractivity contribution in [2.45, 2.75) is 25.7 Å². The second-order valence-electron chi connectivity index (χ2n) is 5.93. The van der Waals surface area contributed by atoms with E-state index in [9.17, 15) is 9.59 Å². The first-order valence-corrected chi connectivity index (χ1v) is 7.37. The lowest BCUT2D eigenvalue weighted by molar-refractivity contribution is -0.152. The van der Waals surface area contributed by atoms with Gasteiger partial charge in [0, 0.05) is 23.3 Å². The van der Waals surface area contributed by atoms with Crippen molar-refractivity contribution >= 4 is 17.6 Å². The van der Waals surface area contributed by atoms with E-state index < -0.39 is 18.2 Å². The number of hydrogen-bond donors (Lipinski definition) is 1. The van der Waals surface area contributed by atoms with Gasteiger partial charge in [-0.1, -0.05) is 6.07 Å². The van der Waals surface area contributed by atoms with E-state index in [-0.39, 0.29) is 12.0 Å². The fourth-order valence-electron chi connectivity index (χ4n) is 3.23. The van der Waals surface area contributed by atoms with Gasteiger partial charge in [0.05, 0.1) is 11.8 Å². The van der Waals surface area contributed by atoms with Crippen molar-refractivity contribution < 1.29 is 23.8 Å². The molecule has 3 atom stereocenters. The molecule has 1 aliphatic carbocycles. The summed E-state index contributed by atoms with van der Waals surface area (Å²) in [6.07, 6.45) is 2.51. The Kier molecular flexibility index (Phi) is 2.94. The Hall–Kier alpha value is -2.76. The number of hydrogen-bond acceptors (Lipinski definition) is 6. The molecular weight excluding hydrogens is 298 g/mol. The van der Waals surface area contributed by atoms with Gasteiger partial charge in [-0.3, -0.25) is 0 Å². The lowest BCUT2D eigenvalue weighted by atomic mass is 9.98. The van der Waals surface area contributed by atoms with E-state index >= 15 is 0 Å². The van der Waals surface area contributed by atoms with Gasteiger partial charge in [-0.25, -0.2) is 9.59 Å². The second kappa shape index (κ2) is 4.87. The Balaban J connectivity index is 1.56. The van der Waals surface area contributed by atoms with Crippen molar-refractivity contribution in [2.75, 3.05) is 5.73 Å². The minimum atomic E-state index is -0.790. The van der Waals surface area contributed by atoms with Gasteiger partial charge in [0.15, 0.2) is 0 Å². The zero-order valence-electron chi connectivity index (χ0n) is 12.4. The Morgan fingerprint density at radius 1 is 1.26 bits per heavy atom. The van der Waals surface area contributed by atoms with E-state index in [1.165, 1.54) is 6.26 Å². The Labute approximate surface area is 132 Å². The minimum Gasteiger partial charge on any atom is -0.458 e. The number of carbonyl (C=O) groups is 2. The predicted octanol–water partition coefficient (Wildman–Crippen LogP) is 1.77. The van der Waals surface area contributed by atoms with Gasteiger partial charge in [0.25, 0.3) is 6.29 Å². The summed E-state index contributed by atoms with van der Waals surface area (Å²) < 4.78 is 15.9. The number of fused-ring (bicyclic) bond motifs is 3. The van der Waals surface area contributed by atoms with Crippen LogP contribution in [0.4, 0.5) is 5.69 Å². The van der Waals surface area contributed by atoms with Crippen LogP contribution >= 0.6 is 0 Å². The van der Waals surface area contributed by atoms with Gasteiger partial charge in [-0.05, 0) is 36.6 Å². The smallest absolute Gasteiger partial charge is 0.338 e. The van der Waals surface area contributed by atoms with Crippen LogP contribution < -0.4 is 5.73 Å². The van der Waals surface area contributed by atoms with Crippen molar-refractivity contribution in [3.8, 4) is 0 Å². The first kappa shape index (κ1) is 13.9. The molecule has 118 valence electrons. The summed E-state index contributed by atoms with van der Waals surface area (Å²) in [6.45, 7) is 1.65. The molecule has 1 fully saturated rings. The average molecular weight is 313 g/mol. The van der Waals surface area contributed by atoms with Crippen LogP contribution in [0.3, 0.4) is 0 Å². The molecule has 3 unspecified atom stereocenters. The first-order valence-electron chi connectivity index (χ1n) is 7.37. The number of rotatable bonds is 2. The van der Waals surface area contributed by atoms with Gasteiger partial charge in [-0.2, -0.15) is 0 Å². The highest BCUT2D eigenvalue weighted by molar-refractivity contribution is 5.92. The Morgan fingerprint density at radius 2 is 2.09 bits per heavy atom. The number of cyclic esters (lactones) is 1. The summed E-state index contributed by atoms with van der Waals surface area (Å²) in [5, 5.41) is 0. The summed E-state index contributed by atoms with van der Waals surface area (Å²) in [4.78, 5) is 23.4. The largest absolute Gasteiger partial charge is 0.458 e. The first-order chi connectivity index (χ1) is 11.0. The third-order valence-electron chi connectivity index (χ3n) is 4.41. The number of benzene rings is 1. The highest BCUT2D eigenvalue weighted by atomic mass is 16.7. The monoisotopic (exact) mass is 313 g/mol. The molecule has 1 aromatic rings. The van der Waals surface area contributed by atoms with Gasteiger partial charge in [0.2, 0.25) is 0 Å². The quantitative estimate of drug-likeness (QED) is 0.387. The van der Waals surface area contributed by atoms with Crippen LogP contribution in [0, 0.1) is 5.92 Å². The molecule has 2 N–H and O–H groups in total. The van der Waals surface area contributed by atoms with Crippen molar-refractivity contribution in [2.24, 2.45) is 5.92 Å². The standard InChI is InChI=1S/C17H15NO5/c1-8-4-14(22-16(8)19)21-7-13-12-5-9-2-3-10(18)6-11(9)15(12)23-17(13)20/h2-4,6-7,12,14-15H,5,18H2,1H3/b13-7+. The van der Waals surface area contributed by atoms with Gasteiger partial charge >= 0.3 is 11.9 Å². The van der Waals surface area contributed by atoms with E-state index in [0.29, 0.717) is 23.3 Å². The van der Waals surface area contributed by atoms with E-state index in [1.54, 1.807) is 13.0 Å². The fourth-order valence-corrected chi connectivity index (χ4v) is 3.23. The molecule has 0 spiro atoms. The molecule has 0 saturated carbocycles. The van der Waals surface area contributed by atoms with E-state index in [0.717, 1.165) is 11.1 Å². The van der Waals surface area contributed by atoms with Gasteiger partial charge < -0.3 is 19.9 Å². The lowest BCUT2D eigenvalue weighted by Gasteiger charge is -2.09. The Morgan fingerprint density at radius 3 is 2.83 bits per heavy atom. The van der Waals surface area contributed by atoms with Crippen molar-refractivity contribution in [1.29, 1.82) is 0 Å². The van der Waals surface area contributed by atoms with Crippen molar-refractivity contribution in [3.05, 3.63) is 52.8 Å². The van der Waals surface area contributed by atoms with Gasteiger partial charge in [-0.15, -0.1) is 0 Å². The topological polar surface area (TPSA) is 87.8 Å². The van der Waals surface area contributed by atoms with Crippen LogP contribution in [0.1, 0.15) is 24.2 Å². The zero-order chi connectivity index (χ0) is 16.1. The van der Waals surface area contributed by atoms with E-state index in [4.69, 9.17) is 19.9 Å². The van der Waals surface area contributed by atoms with E-state index in [1.807, 2.05) is 18.2 Å². The molecule has 0 amide bonds. The number of esters is 2. The normalized spacial score (nSPS) is 29.9. The van der Waals surface area contributed by atoms with Crippen LogP contribution in [0.5, 0.6) is 0 Å². The summed E-state index contributed by atoms with van der Waals surface area (Å²) in [6, 6.07) is 5.65. The maximum atomic E-state index is 12.1. The van der Waals surface area contributed by atoms with Crippen LogP contribution in [-0.2, 0) is 30.2 Å². The Bertz CT molecular complexity index is 779. The maximum Gasteiger partial charge on any atom is 0.338 e. The molecule has 6 nitrogen and oxygen atoms in total. The molecule has 3 aliphatic rings. The molecule has 6 heteroatoms. The number of nitrogens with two attached hydrogens (primary N) is 1. The summed E-state index contributed by atoms with van der Waals surface area (Å²) in [5.74, 6) is -0.913. The lowest BCUT2D eigenvalue weighted by Crippen LogP contribution is -2.11. The number of carbonyl (C=O) groups excluding carboxylic acids is 2. The molecule has 0 radical (unpaired) electrons. The van der Waals surface area contributed by atoms with Crippen molar-refractivity contribution in [1.82, 2.24) is 0 Å². The summed E-state index contributed by atoms with van der Waals surface area (Å²) in [5.41, 5.74) is 9.48. The summed E-state index contributed by atoms with van der Waals surface area (Å²) >= 11 is 0. The molecule has 0 bridgehead atoms. The average Bonchev–Trinajstić information content (AvgIpc) is 3.10. The fraction of sp³-hybridized carbons (Fsp3) is 0.294. The molecule has 23 heavy (non-hydrogen) atoms. The molecule has 2 heterocycles. The number of nitrogen functional groups attached to an aromatic ring is 1. The molecular formula is C17H15NO5. The highest BCUT2D eigenvalue weighted by Crippen LogP contribution is 2.48. The molecule has 4 rings (SSSR count). The molecule has 1 aromatic carbocycles. The predicted molar refractivity (Wildman–Crippen MR) is 79.7 cm³/mol. The highest BCUT2D eigenvalue weighted by Gasteiger charge is 2.46. The van der Waals surface area contributed by atoms with E-state index in [2.05, 4.69) is 0 Å².